The first-order valence-corrected chi connectivity index (χ1v) is 13.4. The molecule has 1 aliphatic rings. The van der Waals surface area contributed by atoms with Crippen LogP contribution in [0.3, 0.4) is 0 Å². The smallest absolute Gasteiger partial charge is 0.365 e. The highest BCUT2D eigenvalue weighted by atomic mass is 32.2. The predicted molar refractivity (Wildman–Crippen MR) is 134 cm³/mol. The van der Waals surface area contributed by atoms with E-state index in [1.165, 1.54) is 7.11 Å². The van der Waals surface area contributed by atoms with E-state index in [1.807, 2.05) is 26.8 Å². The number of hydrogen-bond acceptors (Lipinski definition) is 6. The molecule has 8 heteroatoms. The summed E-state index contributed by atoms with van der Waals surface area (Å²) in [5.41, 5.74) is 0.159. The number of quaternary nitrogens is 1. The Labute approximate surface area is 202 Å². The van der Waals surface area contributed by atoms with Crippen molar-refractivity contribution in [3.8, 4) is 5.75 Å². The van der Waals surface area contributed by atoms with E-state index >= 15 is 0 Å². The van der Waals surface area contributed by atoms with E-state index in [2.05, 4.69) is 12.6 Å². The summed E-state index contributed by atoms with van der Waals surface area (Å²) >= 11 is 4.67. The van der Waals surface area contributed by atoms with Gasteiger partial charge in [-0.05, 0) is 76.4 Å². The monoisotopic (exact) mass is 492 g/mol. The number of ether oxygens (including phenoxy) is 2. The van der Waals surface area contributed by atoms with Gasteiger partial charge in [0.1, 0.15) is 22.9 Å². The summed E-state index contributed by atoms with van der Waals surface area (Å²) in [5, 5.41) is 0. The number of hydrogen-bond donors (Lipinski definition) is 1. The van der Waals surface area contributed by atoms with Crippen LogP contribution in [0.25, 0.3) is 0 Å². The Morgan fingerprint density at radius 1 is 1.06 bits per heavy atom. The first kappa shape index (κ1) is 25.6. The van der Waals surface area contributed by atoms with E-state index in [0.29, 0.717) is 24.6 Å². The predicted octanol–water partition coefficient (Wildman–Crippen LogP) is 5.01. The van der Waals surface area contributed by atoms with Crippen LogP contribution < -0.4 is 9.22 Å². The summed E-state index contributed by atoms with van der Waals surface area (Å²) in [7, 11) is -2.21. The first-order chi connectivity index (χ1) is 15.5. The Morgan fingerprint density at radius 3 is 2.36 bits per heavy atom. The van der Waals surface area contributed by atoms with Gasteiger partial charge in [-0.25, -0.2) is 13.2 Å². The number of carbonyl (C=O) groups excluding carboxylic acids is 1. The van der Waals surface area contributed by atoms with E-state index in [-0.39, 0.29) is 20.2 Å². The van der Waals surface area contributed by atoms with Gasteiger partial charge in [-0.15, -0.1) is 12.6 Å². The van der Waals surface area contributed by atoms with Crippen LogP contribution in [-0.2, 0) is 19.4 Å². The molecule has 0 amide bonds. The SMILES string of the molecule is COc1ccc(S(=O)(=O)c2cccc([N+]3(CS)CCCCCC3C(=O)OC(C)(C)C)c2)cc1. The third-order valence-electron chi connectivity index (χ3n) is 6.07. The molecule has 0 radical (unpaired) electrons. The van der Waals surface area contributed by atoms with Gasteiger partial charge in [0.05, 0.1) is 23.4 Å². The Hall–Kier alpha value is -2.03. The average molecular weight is 493 g/mol. The number of rotatable bonds is 6. The fourth-order valence-corrected chi connectivity index (χ4v) is 6.18. The summed E-state index contributed by atoms with van der Waals surface area (Å²) in [6.07, 6.45) is 3.53. The normalized spacial score (nSPS) is 21.8. The molecule has 1 aliphatic heterocycles. The quantitative estimate of drug-likeness (QED) is 0.349. The zero-order chi connectivity index (χ0) is 24.3. The zero-order valence-electron chi connectivity index (χ0n) is 19.8. The molecule has 0 aliphatic carbocycles. The highest BCUT2D eigenvalue weighted by Crippen LogP contribution is 2.36. The third-order valence-corrected chi connectivity index (χ3v) is 8.35. The molecule has 2 aromatic rings. The molecule has 0 aromatic heterocycles. The largest absolute Gasteiger partial charge is 0.497 e. The molecular weight excluding hydrogens is 458 g/mol. The molecule has 2 aromatic carbocycles. The average Bonchev–Trinajstić information content (AvgIpc) is 3.01. The van der Waals surface area contributed by atoms with Crippen molar-refractivity contribution < 1.29 is 22.7 Å². The third kappa shape index (κ3) is 5.55. The van der Waals surface area contributed by atoms with Crippen LogP contribution in [-0.4, -0.2) is 45.6 Å². The Kier molecular flexibility index (Phi) is 7.81. The highest BCUT2D eigenvalue weighted by Gasteiger charge is 2.46. The molecule has 1 saturated heterocycles. The molecule has 1 fully saturated rings. The number of benzene rings is 2. The van der Waals surface area contributed by atoms with Crippen LogP contribution in [0.2, 0.25) is 0 Å². The van der Waals surface area contributed by atoms with Crippen molar-refractivity contribution >= 4 is 34.1 Å². The van der Waals surface area contributed by atoms with E-state index in [0.717, 1.165) is 24.9 Å². The van der Waals surface area contributed by atoms with Crippen molar-refractivity contribution in [3.63, 3.8) is 0 Å². The molecule has 6 nitrogen and oxygen atoms in total. The fourth-order valence-electron chi connectivity index (χ4n) is 4.38. The lowest BCUT2D eigenvalue weighted by atomic mass is 10.1. The van der Waals surface area contributed by atoms with Gasteiger partial charge in [0.25, 0.3) is 0 Å². The summed E-state index contributed by atoms with van der Waals surface area (Å²) < 4.78 is 37.9. The molecule has 0 spiro atoms. The van der Waals surface area contributed by atoms with Crippen molar-refractivity contribution in [3.05, 3.63) is 48.5 Å². The van der Waals surface area contributed by atoms with Crippen molar-refractivity contribution in [2.24, 2.45) is 0 Å². The van der Waals surface area contributed by atoms with Crippen LogP contribution >= 0.6 is 12.6 Å². The fraction of sp³-hybridized carbons (Fsp3) is 0.480. The van der Waals surface area contributed by atoms with Crippen molar-refractivity contribution in [1.82, 2.24) is 4.48 Å². The van der Waals surface area contributed by atoms with Gasteiger partial charge in [0, 0.05) is 12.5 Å². The maximum absolute atomic E-state index is 13.4. The number of likely N-dealkylation sites (tertiary alicyclic amines) is 1. The van der Waals surface area contributed by atoms with Crippen LogP contribution in [0.4, 0.5) is 5.69 Å². The molecule has 33 heavy (non-hydrogen) atoms. The minimum atomic E-state index is -3.74. The minimum Gasteiger partial charge on any atom is -0.497 e. The van der Waals surface area contributed by atoms with Gasteiger partial charge in [0.2, 0.25) is 9.84 Å². The van der Waals surface area contributed by atoms with Gasteiger partial charge in [-0.3, -0.25) is 4.48 Å². The molecule has 180 valence electrons. The highest BCUT2D eigenvalue weighted by molar-refractivity contribution is 7.91. The molecule has 0 N–H and O–H groups in total. The van der Waals surface area contributed by atoms with Crippen molar-refractivity contribution in [1.29, 1.82) is 0 Å². The summed E-state index contributed by atoms with van der Waals surface area (Å²) in [5.74, 6) is 0.699. The van der Waals surface area contributed by atoms with Crippen LogP contribution in [0.15, 0.2) is 58.3 Å². The molecular formula is C25H34NO5S2+. The zero-order valence-corrected chi connectivity index (χ0v) is 21.5. The number of esters is 1. The molecule has 2 atom stereocenters. The summed E-state index contributed by atoms with van der Waals surface area (Å²) in [6, 6.07) is 12.8. The van der Waals surface area contributed by atoms with Crippen LogP contribution in [0, 0.1) is 0 Å². The number of methoxy groups -OCH3 is 1. The number of thiol groups is 1. The molecule has 1 heterocycles. The number of carbonyl (C=O) groups is 1. The topological polar surface area (TPSA) is 69.7 Å². The first-order valence-electron chi connectivity index (χ1n) is 11.2. The standard InChI is InChI=1S/C25H33NO5S2/c1-25(2,3)31-24(27)23-11-6-5-7-16-26(23,18-32)19-9-8-10-22(17-19)33(28,29)21-14-12-20(30-4)13-15-21/h8-10,12-15,17,23H,5-7,11,16,18H2,1-4H3/p+1. The Balaban J connectivity index is 2.06. The second kappa shape index (κ2) is 10.1. The van der Waals surface area contributed by atoms with Gasteiger partial charge in [-0.1, -0.05) is 6.07 Å². The maximum atomic E-state index is 13.4. The minimum absolute atomic E-state index is 0.191. The lowest BCUT2D eigenvalue weighted by Gasteiger charge is -2.41. The van der Waals surface area contributed by atoms with Gasteiger partial charge in [0.15, 0.2) is 6.04 Å². The second-order valence-corrected chi connectivity index (χ2v) is 11.7. The molecule has 0 saturated carbocycles. The number of sulfone groups is 1. The van der Waals surface area contributed by atoms with E-state index in [1.54, 1.807) is 42.5 Å². The van der Waals surface area contributed by atoms with Crippen molar-refractivity contribution in [2.45, 2.75) is 67.9 Å². The summed E-state index contributed by atoms with van der Waals surface area (Å²) in [4.78, 5) is 13.7. The van der Waals surface area contributed by atoms with Crippen LogP contribution in [0.1, 0.15) is 46.5 Å². The van der Waals surface area contributed by atoms with E-state index < -0.39 is 21.5 Å². The van der Waals surface area contributed by atoms with Gasteiger partial charge < -0.3 is 9.47 Å². The lowest BCUT2D eigenvalue weighted by Crippen LogP contribution is -2.60. The van der Waals surface area contributed by atoms with E-state index in [4.69, 9.17) is 9.47 Å². The maximum Gasteiger partial charge on any atom is 0.365 e. The Bertz CT molecular complexity index is 1080. The van der Waals surface area contributed by atoms with Gasteiger partial charge in [-0.2, -0.15) is 0 Å². The molecule has 0 bridgehead atoms. The van der Waals surface area contributed by atoms with Crippen molar-refractivity contribution in [2.75, 3.05) is 19.5 Å². The van der Waals surface area contributed by atoms with Crippen LogP contribution in [0.5, 0.6) is 5.75 Å². The lowest BCUT2D eigenvalue weighted by molar-refractivity contribution is -0.160. The number of nitrogens with zero attached hydrogens (tertiary/aromatic N) is 1. The molecule has 3 rings (SSSR count). The second-order valence-electron chi connectivity index (χ2n) is 9.47. The van der Waals surface area contributed by atoms with E-state index in [9.17, 15) is 13.2 Å². The molecule has 2 unspecified atom stereocenters. The van der Waals surface area contributed by atoms with Gasteiger partial charge >= 0.3 is 5.97 Å². The summed E-state index contributed by atoms with van der Waals surface area (Å²) in [6.45, 7) is 6.27. The Morgan fingerprint density at radius 2 is 1.76 bits per heavy atom.